The second kappa shape index (κ2) is 17.8. The van der Waals surface area contributed by atoms with Crippen LogP contribution in [-0.2, 0) is 20.1 Å². The minimum Gasteiger partial charge on any atom is -0.500 e. The second-order valence-corrected chi connectivity index (χ2v) is 23.4. The van der Waals surface area contributed by atoms with E-state index in [1.807, 2.05) is 42.6 Å². The molecular weight excluding hydrogens is 989 g/mol. The maximum absolute atomic E-state index is 6.89. The zero-order valence-electron chi connectivity index (χ0n) is 37.8. The van der Waals surface area contributed by atoms with Gasteiger partial charge in [0, 0.05) is 48.1 Å². The smallest absolute Gasteiger partial charge is 0.130 e. The summed E-state index contributed by atoms with van der Waals surface area (Å²) in [5, 5.41) is 5.59. The third-order valence-electron chi connectivity index (χ3n) is 12.2. The quantitative estimate of drug-likeness (QED) is 0.0907. The number of rotatable bonds is 7. The van der Waals surface area contributed by atoms with Crippen LogP contribution in [-0.4, -0.2) is 27.6 Å². The number of hydrogen-bond donors (Lipinski definition) is 0. The first-order chi connectivity index (χ1) is 31.0. The van der Waals surface area contributed by atoms with E-state index in [9.17, 15) is 0 Å². The summed E-state index contributed by atoms with van der Waals surface area (Å²) in [6, 6.07) is 61.6. The molecule has 0 amide bonds. The van der Waals surface area contributed by atoms with Gasteiger partial charge in [0.05, 0.1) is 41.5 Å². The Labute approximate surface area is 395 Å². The van der Waals surface area contributed by atoms with Crippen molar-refractivity contribution < 1.29 is 24.5 Å². The van der Waals surface area contributed by atoms with Crippen LogP contribution < -0.4 is 5.19 Å². The first-order valence-corrected chi connectivity index (χ1v) is 25.7. The fourth-order valence-electron chi connectivity index (χ4n) is 8.80. The number of benzene rings is 7. The van der Waals surface area contributed by atoms with Crippen molar-refractivity contribution in [3.63, 3.8) is 0 Å². The fraction of sp³-hybridized carbons (Fsp3) is 0.155. The number of para-hydroxylation sites is 3. The van der Waals surface area contributed by atoms with Crippen LogP contribution >= 0.6 is 0 Å². The standard InChI is InChI=1S/C44H34N3O.C14H16NSi.Ir/c1-26(2)34-24-30(28-13-6-5-7-14-28)25-35(27(3)4)41(34)47-40-20-11-10-19-39(40)46-44(47)33-17-12-16-31-32-21-22-38-36(43(32)48-42(31)33)23-29-15-8-9-18-37(29)45-38;1-16(2,3)13-9-10-14(15-11-13)12-7-5-4-6-8-12;/h5-16,18-27H,1-4H3;4-7,9-11H,1-3H3;/q2*-1;. The summed E-state index contributed by atoms with van der Waals surface area (Å²) < 4.78 is 9.26. The summed E-state index contributed by atoms with van der Waals surface area (Å²) in [7, 11) is -1.23. The molecule has 323 valence electrons. The van der Waals surface area contributed by atoms with Gasteiger partial charge in [0.15, 0.2) is 0 Å². The van der Waals surface area contributed by atoms with Crippen LogP contribution in [0.5, 0.6) is 0 Å². The van der Waals surface area contributed by atoms with Crippen molar-refractivity contribution in [2.45, 2.75) is 59.2 Å². The summed E-state index contributed by atoms with van der Waals surface area (Å²) in [6.07, 6.45) is 2.02. The van der Waals surface area contributed by atoms with E-state index >= 15 is 0 Å². The summed E-state index contributed by atoms with van der Waals surface area (Å²) in [4.78, 5) is 14.8. The van der Waals surface area contributed by atoms with Gasteiger partial charge in [-0.15, -0.1) is 54.1 Å². The van der Waals surface area contributed by atoms with Crippen molar-refractivity contribution in [2.75, 3.05) is 0 Å². The Morgan fingerprint density at radius 3 is 1.95 bits per heavy atom. The molecule has 65 heavy (non-hydrogen) atoms. The topological polar surface area (TPSA) is 56.7 Å². The average molecular weight is 1040 g/mol. The van der Waals surface area contributed by atoms with Crippen molar-refractivity contribution in [1.82, 2.24) is 19.5 Å². The molecule has 0 unspecified atom stereocenters. The molecular formula is C58H50IrN4OSi-2. The van der Waals surface area contributed by atoms with Crippen LogP contribution in [0.3, 0.4) is 0 Å². The van der Waals surface area contributed by atoms with Gasteiger partial charge in [-0.25, -0.2) is 4.98 Å². The van der Waals surface area contributed by atoms with Crippen LogP contribution in [0.25, 0.3) is 94.2 Å². The van der Waals surface area contributed by atoms with Crippen molar-refractivity contribution in [3.8, 4) is 39.5 Å². The third-order valence-corrected chi connectivity index (χ3v) is 14.3. The maximum atomic E-state index is 6.89. The number of hydrogen-bond acceptors (Lipinski definition) is 4. The van der Waals surface area contributed by atoms with E-state index in [1.165, 1.54) is 33.1 Å². The van der Waals surface area contributed by atoms with Gasteiger partial charge in [0.2, 0.25) is 0 Å². The molecule has 0 fully saturated rings. The number of imidazole rings is 1. The predicted molar refractivity (Wildman–Crippen MR) is 271 cm³/mol. The van der Waals surface area contributed by atoms with Gasteiger partial charge in [-0.3, -0.25) is 4.98 Å². The normalized spacial score (nSPS) is 11.8. The van der Waals surface area contributed by atoms with Gasteiger partial charge < -0.3 is 14.0 Å². The Balaban J connectivity index is 0.000000266. The van der Waals surface area contributed by atoms with Crippen molar-refractivity contribution >= 4 is 68.0 Å². The summed E-state index contributed by atoms with van der Waals surface area (Å²) >= 11 is 0. The Hall–Kier alpha value is -6.50. The zero-order valence-corrected chi connectivity index (χ0v) is 41.2. The fourth-order valence-corrected chi connectivity index (χ4v) is 9.84. The van der Waals surface area contributed by atoms with Crippen LogP contribution in [0, 0.1) is 12.1 Å². The first-order valence-electron chi connectivity index (χ1n) is 22.2. The molecule has 11 rings (SSSR count). The van der Waals surface area contributed by atoms with E-state index < -0.39 is 8.07 Å². The molecule has 0 bridgehead atoms. The number of aromatic nitrogens is 4. The Morgan fingerprint density at radius 1 is 0.569 bits per heavy atom. The number of nitrogens with zero attached hydrogens (tertiary/aromatic N) is 4. The Morgan fingerprint density at radius 2 is 1.26 bits per heavy atom. The number of fused-ring (bicyclic) bond motifs is 7. The number of furan rings is 1. The van der Waals surface area contributed by atoms with Crippen LogP contribution in [0.2, 0.25) is 19.6 Å². The van der Waals surface area contributed by atoms with Crippen LogP contribution in [0.4, 0.5) is 0 Å². The molecule has 1 radical (unpaired) electrons. The van der Waals surface area contributed by atoms with Crippen molar-refractivity contribution in [1.29, 1.82) is 0 Å². The molecule has 7 heteroatoms. The molecule has 0 spiro atoms. The molecule has 0 aliphatic rings. The molecule has 0 aliphatic carbocycles. The Kier molecular flexibility index (Phi) is 12.0. The average Bonchev–Trinajstić information content (AvgIpc) is 3.90. The second-order valence-electron chi connectivity index (χ2n) is 18.3. The van der Waals surface area contributed by atoms with Gasteiger partial charge in [-0.05, 0) is 93.5 Å². The molecule has 7 aromatic carbocycles. The summed E-state index contributed by atoms with van der Waals surface area (Å²) in [6.45, 7) is 16.1. The van der Waals surface area contributed by atoms with Gasteiger partial charge >= 0.3 is 0 Å². The molecule has 0 saturated heterocycles. The maximum Gasteiger partial charge on any atom is 0.130 e. The van der Waals surface area contributed by atoms with Crippen LogP contribution in [0.15, 0.2) is 168 Å². The van der Waals surface area contributed by atoms with Gasteiger partial charge in [-0.2, -0.15) is 0 Å². The minimum atomic E-state index is -1.23. The third kappa shape index (κ3) is 8.25. The molecule has 0 saturated carbocycles. The largest absolute Gasteiger partial charge is 0.500 e. The van der Waals surface area contributed by atoms with E-state index in [2.05, 4.69) is 190 Å². The van der Waals surface area contributed by atoms with Gasteiger partial charge in [-0.1, -0.05) is 131 Å². The summed E-state index contributed by atoms with van der Waals surface area (Å²) in [5.41, 5.74) is 14.6. The molecule has 4 heterocycles. The predicted octanol–water partition coefficient (Wildman–Crippen LogP) is 15.1. The molecule has 5 nitrogen and oxygen atoms in total. The van der Waals surface area contributed by atoms with E-state index in [0.717, 1.165) is 77.4 Å². The zero-order chi connectivity index (χ0) is 44.1. The van der Waals surface area contributed by atoms with Crippen molar-refractivity contribution in [3.05, 3.63) is 187 Å². The van der Waals surface area contributed by atoms with Crippen molar-refractivity contribution in [2.24, 2.45) is 0 Å². The molecule has 4 aromatic heterocycles. The van der Waals surface area contributed by atoms with E-state index in [0.29, 0.717) is 0 Å². The minimum absolute atomic E-state index is 0. The molecule has 11 aromatic rings. The summed E-state index contributed by atoms with van der Waals surface area (Å²) in [5.74, 6) is 1.37. The van der Waals surface area contributed by atoms with E-state index in [-0.39, 0.29) is 31.9 Å². The van der Waals surface area contributed by atoms with E-state index in [1.54, 1.807) is 0 Å². The Bertz CT molecular complexity index is 3450. The van der Waals surface area contributed by atoms with E-state index in [4.69, 9.17) is 14.4 Å². The van der Waals surface area contributed by atoms with Crippen LogP contribution in [0.1, 0.15) is 50.7 Å². The van der Waals surface area contributed by atoms with Gasteiger partial charge in [0.25, 0.3) is 0 Å². The monoisotopic (exact) mass is 1040 g/mol. The molecule has 0 N–H and O–H groups in total. The molecule has 0 atom stereocenters. The SMILES string of the molecule is CC(C)c1cc(-c2ccccc2)cc(C(C)C)c1-n1c(-c2[c-]ccc3c2oc2c4cc5ccccc5nc4ccc32)nc2ccccc21.C[Si](C)(C)c1ccc(-c2[c-]cccc2)nc1.[Ir]. The first kappa shape index (κ1) is 43.7. The van der Waals surface area contributed by atoms with Gasteiger partial charge in [0.1, 0.15) is 5.58 Å². The molecule has 0 aliphatic heterocycles. The number of pyridine rings is 2.